The van der Waals surface area contributed by atoms with Gasteiger partial charge in [0.15, 0.2) is 0 Å². The van der Waals surface area contributed by atoms with Gasteiger partial charge in [-0.25, -0.2) is 0 Å². The molecule has 1 aliphatic rings. The second kappa shape index (κ2) is 9.02. The van der Waals surface area contributed by atoms with Crippen molar-refractivity contribution in [1.82, 2.24) is 9.88 Å². The van der Waals surface area contributed by atoms with Crippen LogP contribution < -0.4 is 15.0 Å². The summed E-state index contributed by atoms with van der Waals surface area (Å²) in [5.41, 5.74) is 3.70. The van der Waals surface area contributed by atoms with E-state index in [1.165, 1.54) is 41.7 Å². The number of nitrogens with one attached hydrogen (secondary N) is 2. The van der Waals surface area contributed by atoms with Crippen molar-refractivity contribution < 1.29 is 4.74 Å². The number of nitrogens with zero attached hydrogens (tertiary/aromatic N) is 2. The summed E-state index contributed by atoms with van der Waals surface area (Å²) >= 11 is 0. The third-order valence-corrected chi connectivity index (χ3v) is 5.62. The fraction of sp³-hybridized carbons (Fsp3) is 0.391. The minimum Gasteiger partial charge on any atom is -0.497 e. The van der Waals surface area contributed by atoms with E-state index in [1.54, 1.807) is 7.11 Å². The number of aromatic amines is 1. The van der Waals surface area contributed by atoms with Gasteiger partial charge in [0, 0.05) is 55.5 Å². The molecule has 1 aromatic heterocycles. The van der Waals surface area contributed by atoms with Crippen LogP contribution in [0.5, 0.6) is 5.75 Å². The SMILES string of the molecule is COc1ccc(N2CCN(CCCCNc3c[nH]c4ccccc34)CC2)cc1. The molecule has 4 rings (SSSR count). The zero-order valence-corrected chi connectivity index (χ0v) is 16.7. The van der Waals surface area contributed by atoms with E-state index in [2.05, 4.69) is 62.7 Å². The maximum Gasteiger partial charge on any atom is 0.119 e. The summed E-state index contributed by atoms with van der Waals surface area (Å²) in [7, 11) is 1.71. The van der Waals surface area contributed by atoms with Crippen LogP contribution in [0, 0.1) is 0 Å². The lowest BCUT2D eigenvalue weighted by molar-refractivity contribution is 0.254. The highest BCUT2D eigenvalue weighted by atomic mass is 16.5. The molecule has 0 amide bonds. The van der Waals surface area contributed by atoms with E-state index in [0.717, 1.165) is 38.5 Å². The third kappa shape index (κ3) is 4.42. The maximum absolute atomic E-state index is 5.25. The number of methoxy groups -OCH3 is 1. The first-order valence-electron chi connectivity index (χ1n) is 10.2. The van der Waals surface area contributed by atoms with Crippen LogP contribution in [0.15, 0.2) is 54.7 Å². The van der Waals surface area contributed by atoms with Gasteiger partial charge in [-0.3, -0.25) is 4.90 Å². The Hall–Kier alpha value is -2.66. The molecule has 0 spiro atoms. The number of rotatable bonds is 8. The number of para-hydroxylation sites is 1. The molecule has 5 nitrogen and oxygen atoms in total. The van der Waals surface area contributed by atoms with Crippen LogP contribution in [0.1, 0.15) is 12.8 Å². The minimum atomic E-state index is 0.920. The molecule has 1 aliphatic heterocycles. The number of fused-ring (bicyclic) bond motifs is 1. The van der Waals surface area contributed by atoms with Crippen molar-refractivity contribution >= 4 is 22.3 Å². The molecule has 28 heavy (non-hydrogen) atoms. The fourth-order valence-electron chi connectivity index (χ4n) is 3.92. The van der Waals surface area contributed by atoms with Crippen LogP contribution in [-0.2, 0) is 0 Å². The average molecular weight is 379 g/mol. The summed E-state index contributed by atoms with van der Waals surface area (Å²) in [5, 5.41) is 4.85. The zero-order chi connectivity index (χ0) is 19.2. The highest BCUT2D eigenvalue weighted by Gasteiger charge is 2.16. The summed E-state index contributed by atoms with van der Waals surface area (Å²) in [6.45, 7) is 6.68. The van der Waals surface area contributed by atoms with Crippen molar-refractivity contribution in [2.75, 3.05) is 56.6 Å². The fourth-order valence-corrected chi connectivity index (χ4v) is 3.92. The second-order valence-corrected chi connectivity index (χ2v) is 7.41. The molecule has 1 saturated heterocycles. The molecular formula is C23H30N4O. The lowest BCUT2D eigenvalue weighted by atomic mass is 10.2. The Kier molecular flexibility index (Phi) is 6.02. The number of ether oxygens (including phenoxy) is 1. The highest BCUT2D eigenvalue weighted by Crippen LogP contribution is 2.23. The predicted molar refractivity (Wildman–Crippen MR) is 118 cm³/mol. The van der Waals surface area contributed by atoms with Gasteiger partial charge in [-0.05, 0) is 49.7 Å². The van der Waals surface area contributed by atoms with Gasteiger partial charge in [0.1, 0.15) is 5.75 Å². The van der Waals surface area contributed by atoms with Crippen LogP contribution in [0.2, 0.25) is 0 Å². The monoisotopic (exact) mass is 378 g/mol. The van der Waals surface area contributed by atoms with Crippen LogP contribution in [0.3, 0.4) is 0 Å². The van der Waals surface area contributed by atoms with E-state index < -0.39 is 0 Å². The third-order valence-electron chi connectivity index (χ3n) is 5.62. The van der Waals surface area contributed by atoms with Crippen molar-refractivity contribution in [3.63, 3.8) is 0 Å². The minimum absolute atomic E-state index is 0.920. The maximum atomic E-state index is 5.25. The van der Waals surface area contributed by atoms with E-state index >= 15 is 0 Å². The van der Waals surface area contributed by atoms with Crippen molar-refractivity contribution in [2.45, 2.75) is 12.8 Å². The van der Waals surface area contributed by atoms with E-state index in [-0.39, 0.29) is 0 Å². The zero-order valence-electron chi connectivity index (χ0n) is 16.7. The predicted octanol–water partition coefficient (Wildman–Crippen LogP) is 4.19. The van der Waals surface area contributed by atoms with E-state index in [0.29, 0.717) is 0 Å². The average Bonchev–Trinajstić information content (AvgIpc) is 3.17. The number of H-pyrrole nitrogens is 1. The topological polar surface area (TPSA) is 43.5 Å². The van der Waals surface area contributed by atoms with Gasteiger partial charge in [-0.2, -0.15) is 0 Å². The first-order chi connectivity index (χ1) is 13.8. The Morgan fingerprint density at radius 3 is 2.54 bits per heavy atom. The second-order valence-electron chi connectivity index (χ2n) is 7.41. The largest absolute Gasteiger partial charge is 0.497 e. The van der Waals surface area contributed by atoms with Crippen molar-refractivity contribution in [1.29, 1.82) is 0 Å². The molecule has 148 valence electrons. The van der Waals surface area contributed by atoms with Gasteiger partial charge in [-0.15, -0.1) is 0 Å². The quantitative estimate of drug-likeness (QED) is 0.577. The van der Waals surface area contributed by atoms with Gasteiger partial charge in [0.25, 0.3) is 0 Å². The van der Waals surface area contributed by atoms with E-state index in [4.69, 9.17) is 4.74 Å². The summed E-state index contributed by atoms with van der Waals surface area (Å²) in [5.74, 6) is 0.920. The van der Waals surface area contributed by atoms with E-state index in [1.807, 2.05) is 12.1 Å². The number of hydrogen-bond acceptors (Lipinski definition) is 4. The number of aromatic nitrogens is 1. The summed E-state index contributed by atoms with van der Waals surface area (Å²) in [6.07, 6.45) is 4.50. The number of benzene rings is 2. The van der Waals surface area contributed by atoms with Crippen LogP contribution in [-0.4, -0.2) is 56.3 Å². The van der Waals surface area contributed by atoms with Crippen molar-refractivity contribution in [2.24, 2.45) is 0 Å². The molecule has 5 heteroatoms. The Morgan fingerprint density at radius 2 is 1.75 bits per heavy atom. The molecule has 0 radical (unpaired) electrons. The molecule has 0 atom stereocenters. The Labute approximate surface area is 167 Å². The lowest BCUT2D eigenvalue weighted by Crippen LogP contribution is -2.46. The molecule has 0 saturated carbocycles. The Bertz CT molecular complexity index is 866. The smallest absolute Gasteiger partial charge is 0.119 e. The number of piperazine rings is 1. The number of unbranched alkanes of at least 4 members (excludes halogenated alkanes) is 1. The molecule has 0 unspecified atom stereocenters. The standard InChI is InChI=1S/C23H30N4O/c1-28-20-10-8-19(9-11-20)27-16-14-26(15-17-27)13-5-4-12-24-23-18-25-22-7-3-2-6-21(22)23/h2-3,6-11,18,24-25H,4-5,12-17H2,1H3. The summed E-state index contributed by atoms with van der Waals surface area (Å²) in [4.78, 5) is 8.38. The molecule has 0 aliphatic carbocycles. The van der Waals surface area contributed by atoms with Crippen LogP contribution >= 0.6 is 0 Å². The Balaban J connectivity index is 1.15. The lowest BCUT2D eigenvalue weighted by Gasteiger charge is -2.36. The first kappa shape index (κ1) is 18.7. The molecule has 2 aromatic carbocycles. The highest BCUT2D eigenvalue weighted by molar-refractivity contribution is 5.92. The van der Waals surface area contributed by atoms with Gasteiger partial charge in [-0.1, -0.05) is 18.2 Å². The molecule has 1 fully saturated rings. The number of hydrogen-bond donors (Lipinski definition) is 2. The summed E-state index contributed by atoms with van der Waals surface area (Å²) < 4.78 is 5.25. The van der Waals surface area contributed by atoms with Gasteiger partial charge in [0.2, 0.25) is 0 Å². The first-order valence-corrected chi connectivity index (χ1v) is 10.2. The molecule has 3 aromatic rings. The number of anilines is 2. The van der Waals surface area contributed by atoms with Gasteiger partial charge in [0.05, 0.1) is 12.8 Å². The summed E-state index contributed by atoms with van der Waals surface area (Å²) in [6, 6.07) is 16.8. The Morgan fingerprint density at radius 1 is 0.964 bits per heavy atom. The molecular weight excluding hydrogens is 348 g/mol. The van der Waals surface area contributed by atoms with E-state index in [9.17, 15) is 0 Å². The molecule has 2 heterocycles. The molecule has 2 N–H and O–H groups in total. The van der Waals surface area contributed by atoms with Crippen molar-refractivity contribution in [3.8, 4) is 5.75 Å². The normalized spacial score (nSPS) is 15.1. The van der Waals surface area contributed by atoms with Crippen LogP contribution in [0.25, 0.3) is 10.9 Å². The van der Waals surface area contributed by atoms with Crippen LogP contribution in [0.4, 0.5) is 11.4 Å². The van der Waals surface area contributed by atoms with Crippen molar-refractivity contribution in [3.05, 3.63) is 54.7 Å². The van der Waals surface area contributed by atoms with Gasteiger partial charge >= 0.3 is 0 Å². The van der Waals surface area contributed by atoms with Gasteiger partial charge < -0.3 is 19.9 Å². The molecule has 0 bridgehead atoms.